The lowest BCUT2D eigenvalue weighted by Crippen LogP contribution is -2.43. The topological polar surface area (TPSA) is 46.0 Å². The van der Waals surface area contributed by atoms with Gasteiger partial charge >= 0.3 is 0 Å². The second-order valence-electron chi connectivity index (χ2n) is 13.1. The van der Waals surface area contributed by atoms with Crippen LogP contribution in [0.25, 0.3) is 34.3 Å². The van der Waals surface area contributed by atoms with Gasteiger partial charge in [-0.1, -0.05) is 111 Å². The van der Waals surface area contributed by atoms with E-state index in [1.54, 1.807) is 6.07 Å². The predicted molar refractivity (Wildman–Crippen MR) is 185 cm³/mol. The summed E-state index contributed by atoms with van der Waals surface area (Å²) in [4.78, 5) is 13.0. The second kappa shape index (κ2) is 10.5. The summed E-state index contributed by atoms with van der Waals surface area (Å²) < 4.78 is 0. The Balaban J connectivity index is 1.48. The van der Waals surface area contributed by atoms with E-state index in [2.05, 4.69) is 112 Å². The Kier molecular flexibility index (Phi) is 6.47. The van der Waals surface area contributed by atoms with Crippen molar-refractivity contribution >= 4 is 34.8 Å². The molecule has 0 amide bonds. The monoisotopic (exact) mass is 602 g/mol. The molecule has 2 aliphatic rings. The summed E-state index contributed by atoms with van der Waals surface area (Å²) in [5, 5.41) is 14.4. The van der Waals surface area contributed by atoms with Gasteiger partial charge in [0.15, 0.2) is 0 Å². The maximum atomic E-state index is 10.9. The number of nitrogens with zero attached hydrogens (tertiary/aromatic N) is 2. The number of aromatic hydroxyl groups is 1. The molecule has 1 aliphatic heterocycles. The number of pyridine rings is 2. The molecule has 8 rings (SSSR count). The molecule has 3 nitrogen and oxygen atoms in total. The number of hydrogen-bond acceptors (Lipinski definition) is 4. The van der Waals surface area contributed by atoms with Crippen LogP contribution in [0.3, 0.4) is 0 Å². The van der Waals surface area contributed by atoms with Crippen LogP contribution in [0.1, 0.15) is 49.6 Å². The van der Waals surface area contributed by atoms with Gasteiger partial charge in [-0.05, 0) is 76.2 Å². The minimum atomic E-state index is -0.488. The SMILES string of the molecule is CC(C)(C)c1cc(-c2ccccc2O)nc2c3c(ccc12)=CCC(C1(c2ccccn2)c2ccccc2Sc2ccccc21)C=3. The molecular formula is C41H34N2OS. The van der Waals surface area contributed by atoms with Gasteiger partial charge in [-0.3, -0.25) is 4.98 Å². The fourth-order valence-corrected chi connectivity index (χ4v) is 8.65. The zero-order valence-corrected chi connectivity index (χ0v) is 26.5. The van der Waals surface area contributed by atoms with E-state index in [9.17, 15) is 5.11 Å². The van der Waals surface area contributed by atoms with Gasteiger partial charge in [-0.15, -0.1) is 0 Å². The zero-order chi connectivity index (χ0) is 30.8. The van der Waals surface area contributed by atoms with Crippen LogP contribution in [0, 0.1) is 5.92 Å². The first kappa shape index (κ1) is 27.8. The maximum absolute atomic E-state index is 10.9. The van der Waals surface area contributed by atoms with Crippen LogP contribution >= 0.6 is 11.8 Å². The van der Waals surface area contributed by atoms with E-state index in [4.69, 9.17) is 9.97 Å². The summed E-state index contributed by atoms with van der Waals surface area (Å²) in [6.07, 6.45) is 7.66. The highest BCUT2D eigenvalue weighted by Gasteiger charge is 2.48. The van der Waals surface area contributed by atoms with E-state index in [0.29, 0.717) is 0 Å². The number of fused-ring (bicyclic) bond motifs is 5. The van der Waals surface area contributed by atoms with Crippen molar-refractivity contribution in [2.24, 2.45) is 5.92 Å². The number of benzene rings is 4. The van der Waals surface area contributed by atoms with Crippen molar-refractivity contribution in [2.75, 3.05) is 0 Å². The van der Waals surface area contributed by atoms with E-state index >= 15 is 0 Å². The zero-order valence-electron chi connectivity index (χ0n) is 25.7. The van der Waals surface area contributed by atoms with Gasteiger partial charge in [0.25, 0.3) is 0 Å². The Morgan fingerprint density at radius 2 is 1.49 bits per heavy atom. The van der Waals surface area contributed by atoms with E-state index in [1.165, 1.54) is 31.7 Å². The van der Waals surface area contributed by atoms with Crippen molar-refractivity contribution in [3.8, 4) is 17.0 Å². The Morgan fingerprint density at radius 3 is 2.18 bits per heavy atom. The van der Waals surface area contributed by atoms with Crippen LogP contribution < -0.4 is 10.4 Å². The van der Waals surface area contributed by atoms with Crippen LogP contribution in [0.15, 0.2) is 125 Å². The summed E-state index contributed by atoms with van der Waals surface area (Å²) in [5.74, 6) is 0.326. The molecule has 1 unspecified atom stereocenters. The lowest BCUT2D eigenvalue weighted by molar-refractivity contribution is 0.448. The molecule has 0 bridgehead atoms. The second-order valence-corrected chi connectivity index (χ2v) is 14.2. The molecule has 1 N–H and O–H groups in total. The molecule has 220 valence electrons. The van der Waals surface area contributed by atoms with Crippen LogP contribution in [-0.4, -0.2) is 15.1 Å². The van der Waals surface area contributed by atoms with Crippen LogP contribution in [0.4, 0.5) is 0 Å². The van der Waals surface area contributed by atoms with Crippen LogP contribution in [0.2, 0.25) is 0 Å². The highest BCUT2D eigenvalue weighted by atomic mass is 32.2. The number of aromatic nitrogens is 2. The van der Waals surface area contributed by atoms with Crippen molar-refractivity contribution in [1.29, 1.82) is 0 Å². The summed E-state index contributed by atoms with van der Waals surface area (Å²) in [7, 11) is 0. The lowest BCUT2D eigenvalue weighted by Gasteiger charge is -2.45. The molecular weight excluding hydrogens is 569 g/mol. The van der Waals surface area contributed by atoms with E-state index < -0.39 is 5.41 Å². The highest BCUT2D eigenvalue weighted by molar-refractivity contribution is 7.99. The molecule has 1 aliphatic carbocycles. The molecule has 1 atom stereocenters. The normalized spacial score (nSPS) is 16.6. The molecule has 0 fully saturated rings. The third-order valence-corrected chi connectivity index (χ3v) is 10.6. The van der Waals surface area contributed by atoms with Gasteiger partial charge in [-0.2, -0.15) is 0 Å². The van der Waals surface area contributed by atoms with Crippen molar-refractivity contribution < 1.29 is 5.11 Å². The van der Waals surface area contributed by atoms with Crippen LogP contribution in [0.5, 0.6) is 5.75 Å². The van der Waals surface area contributed by atoms with Gasteiger partial charge < -0.3 is 5.11 Å². The minimum absolute atomic E-state index is 0.0855. The first-order valence-electron chi connectivity index (χ1n) is 15.6. The third-order valence-electron chi connectivity index (χ3n) is 9.47. The van der Waals surface area contributed by atoms with Crippen molar-refractivity contribution in [3.05, 3.63) is 148 Å². The smallest absolute Gasteiger partial charge is 0.124 e. The van der Waals surface area contributed by atoms with Gasteiger partial charge in [0.05, 0.1) is 22.3 Å². The molecule has 0 saturated heterocycles. The molecule has 0 radical (unpaired) electrons. The Bertz CT molecular complexity index is 2190. The average molecular weight is 603 g/mol. The van der Waals surface area contributed by atoms with Gasteiger partial charge in [-0.25, -0.2) is 4.98 Å². The fourth-order valence-electron chi connectivity index (χ4n) is 7.44. The van der Waals surface area contributed by atoms with E-state index in [0.717, 1.165) is 39.5 Å². The third kappa shape index (κ3) is 4.34. The van der Waals surface area contributed by atoms with Crippen LogP contribution in [-0.2, 0) is 10.8 Å². The summed E-state index contributed by atoms with van der Waals surface area (Å²) in [6.45, 7) is 6.74. The molecule has 2 aromatic heterocycles. The highest BCUT2D eigenvalue weighted by Crippen LogP contribution is 2.56. The summed E-state index contributed by atoms with van der Waals surface area (Å²) in [5.41, 5.74) is 6.76. The van der Waals surface area contributed by atoms with E-state index in [-0.39, 0.29) is 17.1 Å². The maximum Gasteiger partial charge on any atom is 0.124 e. The summed E-state index contributed by atoms with van der Waals surface area (Å²) in [6, 6.07) is 38.2. The lowest BCUT2D eigenvalue weighted by atomic mass is 9.61. The average Bonchev–Trinajstić information content (AvgIpc) is 3.06. The molecule has 0 spiro atoms. The molecule has 4 heteroatoms. The number of hydrogen-bond donors (Lipinski definition) is 1. The van der Waals surface area contributed by atoms with Crippen molar-refractivity contribution in [3.63, 3.8) is 0 Å². The standard InChI is InChI=1S/C41H34N2OS/c1-40(2,3)33-25-34(29-12-4-7-15-35(29)44)43-39-28(33)22-20-26-19-21-27(24-30(26)39)41(38-18-10-11-23-42-38)31-13-5-8-16-36(31)45-37-17-9-6-14-32(37)41/h4-20,22-25,27,44H,21H2,1-3H3. The Labute approximate surface area is 268 Å². The van der Waals surface area contributed by atoms with Gasteiger partial charge in [0.1, 0.15) is 5.75 Å². The number of rotatable bonds is 3. The molecule has 6 aromatic rings. The summed E-state index contributed by atoms with van der Waals surface area (Å²) >= 11 is 1.85. The molecule has 45 heavy (non-hydrogen) atoms. The Hall–Kier alpha value is -4.67. The van der Waals surface area contributed by atoms with Gasteiger partial charge in [0, 0.05) is 38.1 Å². The van der Waals surface area contributed by atoms with Crippen molar-refractivity contribution in [2.45, 2.75) is 47.8 Å². The van der Waals surface area contributed by atoms with Crippen molar-refractivity contribution in [1.82, 2.24) is 9.97 Å². The van der Waals surface area contributed by atoms with E-state index in [1.807, 2.05) is 42.2 Å². The van der Waals surface area contributed by atoms with Gasteiger partial charge in [0.2, 0.25) is 0 Å². The Morgan fingerprint density at radius 1 is 0.800 bits per heavy atom. The largest absolute Gasteiger partial charge is 0.507 e. The predicted octanol–water partition coefficient (Wildman–Crippen LogP) is 8.38. The number of para-hydroxylation sites is 1. The number of phenolic OH excluding ortho intramolecular Hbond substituents is 1. The first-order chi connectivity index (χ1) is 21.9. The minimum Gasteiger partial charge on any atom is -0.507 e. The fraction of sp³-hybridized carbons (Fsp3) is 0.171. The molecule has 3 heterocycles. The first-order valence-corrected chi connectivity index (χ1v) is 16.4. The molecule has 0 saturated carbocycles. The number of phenols is 1. The quantitative estimate of drug-likeness (QED) is 0.221. The molecule has 4 aromatic carbocycles.